The topological polar surface area (TPSA) is 123 Å². The van der Waals surface area contributed by atoms with Gasteiger partial charge >= 0.3 is 0 Å². The molecule has 0 aliphatic carbocycles. The van der Waals surface area contributed by atoms with Crippen molar-refractivity contribution in [3.63, 3.8) is 0 Å². The maximum atomic E-state index is 11.9. The molecule has 11 heteroatoms. The standard InChI is InChI=1S/C15H22N6O4S/c1-11-7-17-20(9-11)10-13(22)16-8-14-18-15(19-25-14)12-3-5-21(6-4-12)26(2,23)24/h7,9,12H,3-6,8,10H2,1-2H3,(H,16,22). The van der Waals surface area contributed by atoms with Crippen LogP contribution in [0.25, 0.3) is 0 Å². The van der Waals surface area contributed by atoms with Crippen LogP contribution in [-0.4, -0.2) is 57.9 Å². The van der Waals surface area contributed by atoms with Crippen LogP contribution in [0.5, 0.6) is 0 Å². The summed E-state index contributed by atoms with van der Waals surface area (Å²) in [5, 5.41) is 10.7. The minimum Gasteiger partial charge on any atom is -0.345 e. The summed E-state index contributed by atoms with van der Waals surface area (Å²) in [5.41, 5.74) is 0.987. The molecule has 1 amide bonds. The second-order valence-corrected chi connectivity index (χ2v) is 8.46. The zero-order chi connectivity index (χ0) is 18.7. The lowest BCUT2D eigenvalue weighted by molar-refractivity contribution is -0.122. The first-order chi connectivity index (χ1) is 12.3. The molecule has 3 heterocycles. The fraction of sp³-hybridized carbons (Fsp3) is 0.600. The molecule has 1 saturated heterocycles. The highest BCUT2D eigenvalue weighted by molar-refractivity contribution is 7.88. The van der Waals surface area contributed by atoms with E-state index < -0.39 is 10.0 Å². The zero-order valence-corrected chi connectivity index (χ0v) is 15.6. The number of piperidine rings is 1. The van der Waals surface area contributed by atoms with Gasteiger partial charge in [-0.1, -0.05) is 5.16 Å². The Bertz CT molecular complexity index is 866. The van der Waals surface area contributed by atoms with E-state index in [4.69, 9.17) is 4.52 Å². The summed E-state index contributed by atoms with van der Waals surface area (Å²) in [6.07, 6.45) is 5.99. The number of aryl methyl sites for hydroxylation is 1. The van der Waals surface area contributed by atoms with Gasteiger partial charge < -0.3 is 9.84 Å². The van der Waals surface area contributed by atoms with Gasteiger partial charge in [-0.05, 0) is 25.3 Å². The summed E-state index contributed by atoms with van der Waals surface area (Å²) in [5.74, 6) is 0.753. The van der Waals surface area contributed by atoms with Crippen molar-refractivity contribution in [1.29, 1.82) is 0 Å². The maximum absolute atomic E-state index is 11.9. The lowest BCUT2D eigenvalue weighted by Gasteiger charge is -2.28. The lowest BCUT2D eigenvalue weighted by Crippen LogP contribution is -2.37. The van der Waals surface area contributed by atoms with Crippen molar-refractivity contribution in [2.24, 2.45) is 0 Å². The lowest BCUT2D eigenvalue weighted by atomic mass is 9.98. The van der Waals surface area contributed by atoms with Crippen LogP contribution >= 0.6 is 0 Å². The number of carbonyl (C=O) groups excluding carboxylic acids is 1. The third-order valence-electron chi connectivity index (χ3n) is 4.28. The van der Waals surface area contributed by atoms with E-state index in [0.29, 0.717) is 37.6 Å². The molecule has 0 unspecified atom stereocenters. The Morgan fingerprint density at radius 3 is 2.73 bits per heavy atom. The molecule has 0 spiro atoms. The summed E-state index contributed by atoms with van der Waals surface area (Å²) in [6, 6.07) is 0. The molecular formula is C15H22N6O4S. The van der Waals surface area contributed by atoms with Gasteiger partial charge in [0.15, 0.2) is 5.82 Å². The molecule has 0 aromatic carbocycles. The SMILES string of the molecule is Cc1cnn(CC(=O)NCc2nc(C3CCN(S(C)(=O)=O)CC3)no2)c1. The predicted octanol–water partition coefficient (Wildman–Crippen LogP) is 0.0299. The van der Waals surface area contributed by atoms with Gasteiger partial charge in [-0.25, -0.2) is 12.7 Å². The highest BCUT2D eigenvalue weighted by atomic mass is 32.2. The monoisotopic (exact) mass is 382 g/mol. The van der Waals surface area contributed by atoms with E-state index in [-0.39, 0.29) is 24.9 Å². The van der Waals surface area contributed by atoms with E-state index in [1.165, 1.54) is 10.6 Å². The first-order valence-electron chi connectivity index (χ1n) is 8.34. The van der Waals surface area contributed by atoms with Crippen molar-refractivity contribution in [3.05, 3.63) is 29.7 Å². The van der Waals surface area contributed by atoms with Crippen molar-refractivity contribution in [1.82, 2.24) is 29.5 Å². The van der Waals surface area contributed by atoms with Crippen LogP contribution in [0, 0.1) is 6.92 Å². The molecule has 26 heavy (non-hydrogen) atoms. The molecule has 1 N–H and O–H groups in total. The summed E-state index contributed by atoms with van der Waals surface area (Å²) in [7, 11) is -3.15. The molecule has 142 valence electrons. The Morgan fingerprint density at radius 1 is 1.38 bits per heavy atom. The second kappa shape index (κ2) is 7.54. The summed E-state index contributed by atoms with van der Waals surface area (Å²) < 4.78 is 31.3. The first kappa shape index (κ1) is 18.5. The molecular weight excluding hydrogens is 360 g/mol. The quantitative estimate of drug-likeness (QED) is 0.747. The normalized spacial score (nSPS) is 16.7. The smallest absolute Gasteiger partial charge is 0.246 e. The van der Waals surface area contributed by atoms with Crippen LogP contribution in [-0.2, 0) is 27.9 Å². The van der Waals surface area contributed by atoms with E-state index in [0.717, 1.165) is 5.56 Å². The van der Waals surface area contributed by atoms with Crippen molar-refractivity contribution >= 4 is 15.9 Å². The van der Waals surface area contributed by atoms with E-state index in [1.807, 2.05) is 6.92 Å². The average molecular weight is 382 g/mol. The number of nitrogens with zero attached hydrogens (tertiary/aromatic N) is 5. The minimum absolute atomic E-state index is 0.0632. The fourth-order valence-corrected chi connectivity index (χ4v) is 3.76. The van der Waals surface area contributed by atoms with Gasteiger partial charge in [0.1, 0.15) is 6.54 Å². The molecule has 2 aromatic heterocycles. The summed E-state index contributed by atoms with van der Waals surface area (Å²) in [4.78, 5) is 16.2. The van der Waals surface area contributed by atoms with Crippen molar-refractivity contribution in [2.45, 2.75) is 38.8 Å². The molecule has 10 nitrogen and oxygen atoms in total. The number of hydrogen-bond donors (Lipinski definition) is 1. The third kappa shape index (κ3) is 4.67. The molecule has 0 atom stereocenters. The number of nitrogens with one attached hydrogen (secondary N) is 1. The largest absolute Gasteiger partial charge is 0.345 e. The highest BCUT2D eigenvalue weighted by Gasteiger charge is 2.28. The van der Waals surface area contributed by atoms with Gasteiger partial charge in [0.05, 0.1) is 19.0 Å². The van der Waals surface area contributed by atoms with Crippen LogP contribution in [0.3, 0.4) is 0 Å². The Labute approximate surface area is 151 Å². The van der Waals surface area contributed by atoms with Crippen LogP contribution in [0.1, 0.15) is 36.0 Å². The molecule has 1 fully saturated rings. The van der Waals surface area contributed by atoms with Gasteiger partial charge in [-0.3, -0.25) is 9.48 Å². The molecule has 0 bridgehead atoms. The number of hydrogen-bond acceptors (Lipinski definition) is 7. The van der Waals surface area contributed by atoms with Gasteiger partial charge in [0.2, 0.25) is 21.8 Å². The van der Waals surface area contributed by atoms with Crippen LogP contribution in [0.15, 0.2) is 16.9 Å². The molecule has 1 aliphatic heterocycles. The number of amides is 1. The average Bonchev–Trinajstić information content (AvgIpc) is 3.21. The van der Waals surface area contributed by atoms with Gasteiger partial charge in [-0.15, -0.1) is 0 Å². The van der Waals surface area contributed by atoms with E-state index in [9.17, 15) is 13.2 Å². The number of rotatable bonds is 6. The van der Waals surface area contributed by atoms with Crippen LogP contribution in [0.2, 0.25) is 0 Å². The molecule has 3 rings (SSSR count). The van der Waals surface area contributed by atoms with E-state index in [2.05, 4.69) is 20.6 Å². The molecule has 0 saturated carbocycles. The molecule has 0 radical (unpaired) electrons. The van der Waals surface area contributed by atoms with Gasteiger partial charge in [0, 0.05) is 25.2 Å². The summed E-state index contributed by atoms with van der Waals surface area (Å²) >= 11 is 0. The number of aromatic nitrogens is 4. The molecule has 2 aromatic rings. The number of sulfonamides is 1. The van der Waals surface area contributed by atoms with Crippen molar-refractivity contribution in [3.8, 4) is 0 Å². The Kier molecular flexibility index (Phi) is 5.37. The van der Waals surface area contributed by atoms with Gasteiger partial charge in [0.25, 0.3) is 0 Å². The van der Waals surface area contributed by atoms with Crippen molar-refractivity contribution < 1.29 is 17.7 Å². The third-order valence-corrected chi connectivity index (χ3v) is 5.58. The Hall–Kier alpha value is -2.27. The van der Waals surface area contributed by atoms with Gasteiger partial charge in [-0.2, -0.15) is 10.1 Å². The summed E-state index contributed by atoms with van der Waals surface area (Å²) in [6.45, 7) is 3.08. The number of carbonyl (C=O) groups is 1. The van der Waals surface area contributed by atoms with Crippen molar-refractivity contribution in [2.75, 3.05) is 19.3 Å². The predicted molar refractivity (Wildman–Crippen MR) is 91.5 cm³/mol. The zero-order valence-electron chi connectivity index (χ0n) is 14.8. The van der Waals surface area contributed by atoms with Crippen LogP contribution in [0.4, 0.5) is 0 Å². The Morgan fingerprint density at radius 2 is 2.12 bits per heavy atom. The van der Waals surface area contributed by atoms with Crippen LogP contribution < -0.4 is 5.32 Å². The van der Waals surface area contributed by atoms with E-state index in [1.54, 1.807) is 17.1 Å². The first-order valence-corrected chi connectivity index (χ1v) is 10.2. The fourth-order valence-electron chi connectivity index (χ4n) is 2.88. The highest BCUT2D eigenvalue weighted by Crippen LogP contribution is 2.26. The maximum Gasteiger partial charge on any atom is 0.246 e. The second-order valence-electron chi connectivity index (χ2n) is 6.47. The van der Waals surface area contributed by atoms with E-state index >= 15 is 0 Å². The Balaban J connectivity index is 1.48. The molecule has 1 aliphatic rings. The minimum atomic E-state index is -3.15.